The van der Waals surface area contributed by atoms with Crippen LogP contribution in [0, 0.1) is 0 Å². The smallest absolute Gasteiger partial charge is 0.355 e. The third-order valence-electron chi connectivity index (χ3n) is 0.615. The van der Waals surface area contributed by atoms with E-state index in [1.165, 1.54) is 0 Å². The van der Waals surface area contributed by atoms with Crippen molar-refractivity contribution in [3.05, 3.63) is 12.2 Å². The first-order valence-electron chi connectivity index (χ1n) is 2.64. The third kappa shape index (κ3) is 17.6. The summed E-state index contributed by atoms with van der Waals surface area (Å²) in [5, 5.41) is 2.43. The summed E-state index contributed by atoms with van der Waals surface area (Å²) in [7, 11) is -1.29. The minimum Gasteiger partial charge on any atom is -0.355 e. The highest BCUT2D eigenvalue weighted by Crippen LogP contribution is 1.98. The van der Waals surface area contributed by atoms with Gasteiger partial charge in [0, 0.05) is 17.2 Å². The number of rotatable bonds is 1. The van der Waals surface area contributed by atoms with Gasteiger partial charge in [-0.3, -0.25) is 4.79 Å². The van der Waals surface area contributed by atoms with Gasteiger partial charge in [-0.1, -0.05) is 6.58 Å². The molecule has 1 amide bonds. The van der Waals surface area contributed by atoms with Crippen LogP contribution in [-0.4, -0.2) is 22.7 Å². The highest BCUT2D eigenvalue weighted by molar-refractivity contribution is 7.30. The molecule has 0 fully saturated rings. The lowest BCUT2D eigenvalue weighted by Gasteiger charge is -1.91. The molecule has 0 aromatic heterocycles. The van der Waals surface area contributed by atoms with Crippen LogP contribution in [-0.2, 0) is 9.36 Å². The zero-order chi connectivity index (χ0) is 9.44. The maximum Gasteiger partial charge on any atom is 0.692 e. The molecular weight excluding hydrogens is 169 g/mol. The van der Waals surface area contributed by atoms with Crippen LogP contribution in [0.25, 0.3) is 0 Å². The average molecular weight is 180 g/mol. The summed E-state index contributed by atoms with van der Waals surface area (Å²) in [6.07, 6.45) is 0. The van der Waals surface area contributed by atoms with E-state index >= 15 is 0 Å². The maximum atomic E-state index is 10.3. The van der Waals surface area contributed by atoms with Crippen LogP contribution in [0.15, 0.2) is 12.2 Å². The van der Waals surface area contributed by atoms with Gasteiger partial charge in [0.05, 0.1) is 0 Å². The van der Waals surface area contributed by atoms with Crippen LogP contribution in [0.1, 0.15) is 6.92 Å². The van der Waals surface area contributed by atoms with Gasteiger partial charge >= 0.3 is 8.25 Å². The van der Waals surface area contributed by atoms with Crippen molar-refractivity contribution < 1.29 is 19.1 Å². The Morgan fingerprint density at radius 1 is 1.55 bits per heavy atom. The summed E-state index contributed by atoms with van der Waals surface area (Å²) in [6.45, 7) is 5.08. The molecule has 11 heavy (non-hydrogen) atoms. The predicted octanol–water partition coefficient (Wildman–Crippen LogP) is -0.0631. The normalized spacial score (nSPS) is 7.27. The first-order valence-corrected chi connectivity index (χ1v) is 3.81. The van der Waals surface area contributed by atoms with Crippen molar-refractivity contribution in [2.24, 2.45) is 0 Å². The minimum atomic E-state index is -2.87. The van der Waals surface area contributed by atoms with Gasteiger partial charge in [-0.2, -0.15) is 0 Å². The van der Waals surface area contributed by atoms with E-state index in [0.29, 0.717) is 5.57 Å². The largest absolute Gasteiger partial charge is 0.692 e. The average Bonchev–Trinajstić information content (AvgIpc) is 1.85. The number of hydrogen-bond acceptors (Lipinski definition) is 2. The number of amides is 1. The quantitative estimate of drug-likeness (QED) is 0.389. The van der Waals surface area contributed by atoms with Gasteiger partial charge in [0.1, 0.15) is 0 Å². The third-order valence-corrected chi connectivity index (χ3v) is 0.615. The second kappa shape index (κ2) is 7.34. The zero-order valence-corrected chi connectivity index (χ0v) is 7.26. The molecule has 6 heteroatoms. The first-order chi connectivity index (χ1) is 4.91. The number of hydrogen-bond donors (Lipinski definition) is 3. The summed E-state index contributed by atoms with van der Waals surface area (Å²) >= 11 is 0. The Morgan fingerprint density at radius 2 is 1.82 bits per heavy atom. The highest BCUT2D eigenvalue weighted by atomic mass is 31.1. The van der Waals surface area contributed by atoms with Gasteiger partial charge in [0.2, 0.25) is 5.91 Å². The molecule has 0 radical (unpaired) electrons. The van der Waals surface area contributed by atoms with Crippen molar-refractivity contribution in [1.29, 1.82) is 0 Å². The summed E-state index contributed by atoms with van der Waals surface area (Å²) in [5.74, 6) is -0.0972. The van der Waals surface area contributed by atoms with E-state index in [1.807, 2.05) is 0 Å². The molecule has 3 N–H and O–H groups in total. The van der Waals surface area contributed by atoms with E-state index in [0.717, 1.165) is 0 Å². The molecule has 0 saturated heterocycles. The first kappa shape index (κ1) is 12.9. The standard InChI is InChI=1S/C5H9NO.HO3P/c1-4(2)5(7)6-3;1-4(2)3/h1H2,2-3H3,(H,6,7);(H-,1,2,3)/p+1. The van der Waals surface area contributed by atoms with Gasteiger partial charge in [-0.25, -0.2) is 0 Å². The summed E-state index contributed by atoms with van der Waals surface area (Å²) in [5.41, 5.74) is 0.544. The SMILES string of the molecule is C=C(C)C(=O)NC.O=[P+](O)O. The monoisotopic (exact) mass is 180 g/mol. The lowest BCUT2D eigenvalue weighted by Crippen LogP contribution is -2.17. The lowest BCUT2D eigenvalue weighted by molar-refractivity contribution is -0.116. The molecule has 0 unspecified atom stereocenters. The molecule has 0 aromatic carbocycles. The van der Waals surface area contributed by atoms with Crippen LogP contribution >= 0.6 is 8.25 Å². The topological polar surface area (TPSA) is 86.6 Å². The van der Waals surface area contributed by atoms with Crippen LogP contribution in [0.2, 0.25) is 0 Å². The Bertz CT molecular complexity index is 164. The van der Waals surface area contributed by atoms with Crippen molar-refractivity contribution in [3.8, 4) is 0 Å². The molecule has 5 nitrogen and oxygen atoms in total. The predicted molar refractivity (Wildman–Crippen MR) is 40.9 cm³/mol. The van der Waals surface area contributed by atoms with Crippen molar-refractivity contribution in [2.45, 2.75) is 6.92 Å². The van der Waals surface area contributed by atoms with Gasteiger partial charge in [-0.15, -0.1) is 9.79 Å². The fourth-order valence-corrected chi connectivity index (χ4v) is 0.213. The molecule has 0 spiro atoms. The Labute approximate surface area is 65.7 Å². The number of carbonyl (C=O) groups is 1. The molecule has 0 bridgehead atoms. The molecule has 0 saturated carbocycles. The van der Waals surface area contributed by atoms with E-state index in [-0.39, 0.29) is 5.91 Å². The van der Waals surface area contributed by atoms with E-state index in [9.17, 15) is 4.79 Å². The number of carbonyl (C=O) groups excluding carboxylic acids is 1. The van der Waals surface area contributed by atoms with Crippen LogP contribution < -0.4 is 5.32 Å². The summed E-state index contributed by atoms with van der Waals surface area (Å²) in [6, 6.07) is 0. The van der Waals surface area contributed by atoms with E-state index in [1.54, 1.807) is 14.0 Å². The molecule has 0 heterocycles. The second-order valence-corrected chi connectivity index (χ2v) is 2.12. The number of nitrogens with one attached hydrogen (secondary N) is 1. The second-order valence-electron chi connectivity index (χ2n) is 1.61. The molecule has 0 aliphatic carbocycles. The van der Waals surface area contributed by atoms with Crippen LogP contribution in [0.3, 0.4) is 0 Å². The zero-order valence-electron chi connectivity index (χ0n) is 6.37. The molecule has 0 atom stereocenters. The highest BCUT2D eigenvalue weighted by Gasteiger charge is 1.93. The van der Waals surface area contributed by atoms with Gasteiger partial charge in [0.25, 0.3) is 0 Å². The Hall–Kier alpha value is -0.770. The molecule has 0 rings (SSSR count). The molecular formula is C5H11NO4P+. The minimum absolute atomic E-state index is 0.0972. The molecule has 0 aliphatic heterocycles. The number of likely N-dealkylation sites (N-methyl/N-ethyl adjacent to an activating group) is 1. The van der Waals surface area contributed by atoms with Gasteiger partial charge in [0.15, 0.2) is 0 Å². The van der Waals surface area contributed by atoms with Gasteiger partial charge in [-0.05, 0) is 6.92 Å². The fraction of sp³-hybridized carbons (Fsp3) is 0.400. The maximum absolute atomic E-state index is 10.3. The van der Waals surface area contributed by atoms with E-state index in [2.05, 4.69) is 11.9 Å². The molecule has 64 valence electrons. The Morgan fingerprint density at radius 3 is 1.82 bits per heavy atom. The van der Waals surface area contributed by atoms with Crippen molar-refractivity contribution in [1.82, 2.24) is 5.32 Å². The van der Waals surface area contributed by atoms with E-state index in [4.69, 9.17) is 14.4 Å². The van der Waals surface area contributed by atoms with E-state index < -0.39 is 8.25 Å². The van der Waals surface area contributed by atoms with Crippen molar-refractivity contribution in [3.63, 3.8) is 0 Å². The van der Waals surface area contributed by atoms with Crippen molar-refractivity contribution in [2.75, 3.05) is 7.05 Å². The van der Waals surface area contributed by atoms with Crippen LogP contribution in [0.5, 0.6) is 0 Å². The van der Waals surface area contributed by atoms with Crippen molar-refractivity contribution >= 4 is 14.2 Å². The summed E-state index contributed by atoms with van der Waals surface area (Å²) < 4.78 is 8.70. The lowest BCUT2D eigenvalue weighted by atomic mass is 10.3. The molecule has 0 aromatic rings. The Kier molecular flexibility index (Phi) is 8.58. The van der Waals surface area contributed by atoms with Gasteiger partial charge < -0.3 is 5.32 Å². The Balaban J connectivity index is 0. The fourth-order valence-electron chi connectivity index (χ4n) is 0.213. The molecule has 0 aliphatic rings. The summed E-state index contributed by atoms with van der Waals surface area (Å²) in [4.78, 5) is 24.5. The van der Waals surface area contributed by atoms with Crippen LogP contribution in [0.4, 0.5) is 0 Å².